The Labute approximate surface area is 117 Å². The van der Waals surface area contributed by atoms with Gasteiger partial charge >= 0.3 is 0 Å². The van der Waals surface area contributed by atoms with Crippen LogP contribution in [0, 0.1) is 0 Å². The van der Waals surface area contributed by atoms with Crippen LogP contribution in [0.15, 0.2) is 53.4 Å². The lowest BCUT2D eigenvalue weighted by Gasteiger charge is -2.15. The van der Waals surface area contributed by atoms with Crippen molar-refractivity contribution in [2.45, 2.75) is 12.5 Å². The Morgan fingerprint density at radius 3 is 2.89 bits per heavy atom. The monoisotopic (exact) mass is 281 g/mol. The Morgan fingerprint density at radius 1 is 1.61 bits per heavy atom. The maximum absolute atomic E-state index is 11.1. The van der Waals surface area contributed by atoms with E-state index in [1.54, 1.807) is 23.5 Å². The number of allylic oxidation sites excluding steroid dienone is 2. The molecule has 1 aromatic heterocycles. The SMILES string of the molecule is C=C/C=C(\C(=C)Cl)C(C=O)NCCc1cccs1. The Kier molecular flexibility index (Phi) is 6.65. The van der Waals surface area contributed by atoms with E-state index < -0.39 is 6.04 Å². The first-order chi connectivity index (χ1) is 8.69. The second-order valence-electron chi connectivity index (χ2n) is 3.66. The smallest absolute Gasteiger partial charge is 0.141 e. The van der Waals surface area contributed by atoms with Crippen molar-refractivity contribution >= 4 is 29.2 Å². The molecule has 0 radical (unpaired) electrons. The molecule has 1 rings (SSSR count). The zero-order valence-corrected chi connectivity index (χ0v) is 11.6. The van der Waals surface area contributed by atoms with Gasteiger partial charge in [0.05, 0.1) is 6.04 Å². The van der Waals surface area contributed by atoms with Crippen molar-refractivity contribution < 1.29 is 4.79 Å². The van der Waals surface area contributed by atoms with Gasteiger partial charge in [-0.1, -0.05) is 43.0 Å². The highest BCUT2D eigenvalue weighted by molar-refractivity contribution is 7.09. The zero-order valence-electron chi connectivity index (χ0n) is 10.1. The fourth-order valence-corrected chi connectivity index (χ4v) is 2.42. The number of rotatable bonds is 8. The number of carbonyl (C=O) groups excluding carboxylic acids is 1. The van der Waals surface area contributed by atoms with Crippen LogP contribution in [-0.2, 0) is 11.2 Å². The van der Waals surface area contributed by atoms with Gasteiger partial charge < -0.3 is 10.1 Å². The Morgan fingerprint density at radius 2 is 2.39 bits per heavy atom. The van der Waals surface area contributed by atoms with E-state index in [0.29, 0.717) is 17.2 Å². The highest BCUT2D eigenvalue weighted by Gasteiger charge is 2.13. The van der Waals surface area contributed by atoms with Gasteiger partial charge in [0.25, 0.3) is 0 Å². The number of carbonyl (C=O) groups is 1. The summed E-state index contributed by atoms with van der Waals surface area (Å²) >= 11 is 7.57. The van der Waals surface area contributed by atoms with Crippen molar-refractivity contribution in [2.24, 2.45) is 0 Å². The standard InChI is InChI=1S/C14H16ClNOS/c1-3-5-13(11(2)15)14(10-17)16-8-7-12-6-4-9-18-12/h3-6,9-10,14,16H,1-2,7-8H2/b13-5+. The summed E-state index contributed by atoms with van der Waals surface area (Å²) in [7, 11) is 0. The van der Waals surface area contributed by atoms with Crippen molar-refractivity contribution in [2.75, 3.05) is 6.54 Å². The average molecular weight is 282 g/mol. The summed E-state index contributed by atoms with van der Waals surface area (Å²) in [5.41, 5.74) is 0.660. The molecule has 0 amide bonds. The van der Waals surface area contributed by atoms with Gasteiger partial charge in [-0.3, -0.25) is 0 Å². The van der Waals surface area contributed by atoms with Crippen molar-refractivity contribution in [1.29, 1.82) is 0 Å². The molecule has 0 saturated heterocycles. The van der Waals surface area contributed by atoms with E-state index in [1.165, 1.54) is 4.88 Å². The largest absolute Gasteiger partial charge is 0.304 e. The van der Waals surface area contributed by atoms with Gasteiger partial charge in [0, 0.05) is 16.5 Å². The van der Waals surface area contributed by atoms with Crippen LogP contribution < -0.4 is 5.32 Å². The number of halogens is 1. The second-order valence-corrected chi connectivity index (χ2v) is 5.15. The van der Waals surface area contributed by atoms with Crippen LogP contribution in [0.4, 0.5) is 0 Å². The molecule has 4 heteroatoms. The molecule has 1 aromatic rings. The molecule has 0 aromatic carbocycles. The lowest BCUT2D eigenvalue weighted by Crippen LogP contribution is -2.34. The lowest BCUT2D eigenvalue weighted by atomic mass is 10.1. The first-order valence-electron chi connectivity index (χ1n) is 5.57. The van der Waals surface area contributed by atoms with Gasteiger partial charge in [0.2, 0.25) is 0 Å². The number of thiophene rings is 1. The summed E-state index contributed by atoms with van der Waals surface area (Å²) in [6, 6.07) is 3.65. The van der Waals surface area contributed by atoms with E-state index in [0.717, 1.165) is 12.7 Å². The first-order valence-corrected chi connectivity index (χ1v) is 6.83. The molecule has 1 unspecified atom stereocenters. The summed E-state index contributed by atoms with van der Waals surface area (Å²) in [6.07, 6.45) is 5.02. The van der Waals surface area contributed by atoms with Crippen LogP contribution in [0.1, 0.15) is 4.88 Å². The van der Waals surface area contributed by atoms with Crippen molar-refractivity contribution in [3.63, 3.8) is 0 Å². The number of nitrogens with one attached hydrogen (secondary N) is 1. The van der Waals surface area contributed by atoms with E-state index in [9.17, 15) is 4.79 Å². The third-order valence-electron chi connectivity index (χ3n) is 2.40. The van der Waals surface area contributed by atoms with Crippen molar-refractivity contribution in [3.8, 4) is 0 Å². The van der Waals surface area contributed by atoms with Crippen LogP contribution in [0.5, 0.6) is 0 Å². The Balaban J connectivity index is 2.55. The molecule has 0 saturated carbocycles. The van der Waals surface area contributed by atoms with E-state index in [4.69, 9.17) is 11.6 Å². The summed E-state index contributed by atoms with van der Waals surface area (Å²) in [5, 5.41) is 5.55. The minimum Gasteiger partial charge on any atom is -0.304 e. The number of aldehydes is 1. The quantitative estimate of drug-likeness (QED) is 0.585. The van der Waals surface area contributed by atoms with E-state index >= 15 is 0 Å². The summed E-state index contributed by atoms with van der Waals surface area (Å²) < 4.78 is 0. The average Bonchev–Trinajstić information content (AvgIpc) is 2.85. The van der Waals surface area contributed by atoms with Crippen LogP contribution in [-0.4, -0.2) is 18.9 Å². The van der Waals surface area contributed by atoms with Crippen molar-refractivity contribution in [3.05, 3.63) is 58.3 Å². The summed E-state index contributed by atoms with van der Waals surface area (Å²) in [5.74, 6) is 0. The Bertz CT molecular complexity index is 437. The minimum atomic E-state index is -0.437. The molecule has 0 aliphatic rings. The number of hydrogen-bond donors (Lipinski definition) is 1. The van der Waals surface area contributed by atoms with Crippen molar-refractivity contribution in [1.82, 2.24) is 5.32 Å². The normalized spacial score (nSPS) is 13.1. The molecular formula is C14H16ClNOS. The predicted octanol–water partition coefficient (Wildman–Crippen LogP) is 3.31. The molecular weight excluding hydrogens is 266 g/mol. The molecule has 1 N–H and O–H groups in total. The maximum Gasteiger partial charge on any atom is 0.141 e. The highest BCUT2D eigenvalue weighted by Crippen LogP contribution is 2.16. The molecule has 0 aliphatic heterocycles. The lowest BCUT2D eigenvalue weighted by molar-refractivity contribution is -0.108. The first kappa shape index (κ1) is 14.9. The summed E-state index contributed by atoms with van der Waals surface area (Å²) in [6.45, 7) is 7.97. The molecule has 1 atom stereocenters. The fraction of sp³-hybridized carbons (Fsp3) is 0.214. The topological polar surface area (TPSA) is 29.1 Å². The second kappa shape index (κ2) is 8.03. The van der Waals surface area contributed by atoms with Crippen LogP contribution in [0.3, 0.4) is 0 Å². The molecule has 2 nitrogen and oxygen atoms in total. The van der Waals surface area contributed by atoms with Crippen LogP contribution in [0.25, 0.3) is 0 Å². The van der Waals surface area contributed by atoms with Gasteiger partial charge in [0.15, 0.2) is 0 Å². The molecule has 1 heterocycles. The van der Waals surface area contributed by atoms with Gasteiger partial charge in [-0.05, 0) is 23.4 Å². The van der Waals surface area contributed by atoms with Gasteiger partial charge in [0.1, 0.15) is 6.29 Å². The van der Waals surface area contributed by atoms with Crippen LogP contribution in [0.2, 0.25) is 0 Å². The summed E-state index contributed by atoms with van der Waals surface area (Å²) in [4.78, 5) is 12.4. The van der Waals surface area contributed by atoms with E-state index in [-0.39, 0.29) is 0 Å². The minimum absolute atomic E-state index is 0.357. The highest BCUT2D eigenvalue weighted by atomic mass is 35.5. The molecule has 0 aliphatic carbocycles. The van der Waals surface area contributed by atoms with Gasteiger partial charge in [-0.25, -0.2) is 0 Å². The molecule has 0 spiro atoms. The molecule has 96 valence electrons. The number of hydrogen-bond acceptors (Lipinski definition) is 3. The zero-order chi connectivity index (χ0) is 13.4. The van der Waals surface area contributed by atoms with Gasteiger partial charge in [-0.15, -0.1) is 11.3 Å². The van der Waals surface area contributed by atoms with Crippen LogP contribution >= 0.6 is 22.9 Å². The van der Waals surface area contributed by atoms with E-state index in [1.807, 2.05) is 11.4 Å². The predicted molar refractivity (Wildman–Crippen MR) is 79.2 cm³/mol. The molecule has 0 bridgehead atoms. The van der Waals surface area contributed by atoms with E-state index in [2.05, 4.69) is 24.5 Å². The maximum atomic E-state index is 11.1. The third-order valence-corrected chi connectivity index (χ3v) is 3.55. The van der Waals surface area contributed by atoms with Gasteiger partial charge in [-0.2, -0.15) is 0 Å². The molecule has 18 heavy (non-hydrogen) atoms. The fourth-order valence-electron chi connectivity index (χ4n) is 1.53. The third kappa shape index (κ3) is 4.61. The Hall–Kier alpha value is -1.16. The molecule has 0 fully saturated rings.